The van der Waals surface area contributed by atoms with Gasteiger partial charge in [0.1, 0.15) is 12.4 Å². The number of thiophene rings is 1. The lowest BCUT2D eigenvalue weighted by Gasteiger charge is -2.09. The predicted molar refractivity (Wildman–Crippen MR) is 74.7 cm³/mol. The molecule has 0 unspecified atom stereocenters. The van der Waals surface area contributed by atoms with Crippen LogP contribution in [-0.2, 0) is 6.61 Å². The third-order valence-corrected chi connectivity index (χ3v) is 3.71. The average Bonchev–Trinajstić information content (AvgIpc) is 2.81. The van der Waals surface area contributed by atoms with Gasteiger partial charge in [0.2, 0.25) is 0 Å². The van der Waals surface area contributed by atoms with Gasteiger partial charge in [0.15, 0.2) is 5.78 Å². The Balaban J connectivity index is 2.11. The van der Waals surface area contributed by atoms with Crippen LogP contribution in [-0.4, -0.2) is 5.78 Å². The second kappa shape index (κ2) is 6.03. The zero-order valence-electron chi connectivity index (χ0n) is 9.98. The number of ketones is 1. The quantitative estimate of drug-likeness (QED) is 0.750. The molecule has 2 nitrogen and oxygen atoms in total. The molecule has 0 aliphatic rings. The standard InChI is InChI=1S/C14H13ClO2S/c1-2-12(16)11-5-3-4-6-13(11)17-9-10-7-8-14(15)18-10/h3-8H,2,9H2,1H3. The van der Waals surface area contributed by atoms with E-state index in [2.05, 4.69) is 0 Å². The van der Waals surface area contributed by atoms with Crippen LogP contribution >= 0.6 is 22.9 Å². The van der Waals surface area contributed by atoms with E-state index in [1.165, 1.54) is 11.3 Å². The number of hydrogen-bond acceptors (Lipinski definition) is 3. The van der Waals surface area contributed by atoms with Gasteiger partial charge in [-0.1, -0.05) is 30.7 Å². The summed E-state index contributed by atoms with van der Waals surface area (Å²) in [6, 6.07) is 11.1. The first-order chi connectivity index (χ1) is 8.70. The fourth-order valence-electron chi connectivity index (χ4n) is 1.59. The van der Waals surface area contributed by atoms with E-state index in [4.69, 9.17) is 16.3 Å². The maximum absolute atomic E-state index is 11.8. The molecule has 0 aliphatic carbocycles. The van der Waals surface area contributed by atoms with Crippen molar-refractivity contribution in [1.29, 1.82) is 0 Å². The molecule has 4 heteroatoms. The van der Waals surface area contributed by atoms with Crippen LogP contribution in [0.1, 0.15) is 28.6 Å². The van der Waals surface area contributed by atoms with Crippen molar-refractivity contribution in [2.24, 2.45) is 0 Å². The van der Waals surface area contributed by atoms with Gasteiger partial charge < -0.3 is 4.74 Å². The van der Waals surface area contributed by atoms with Gasteiger partial charge in [-0.15, -0.1) is 11.3 Å². The summed E-state index contributed by atoms with van der Waals surface area (Å²) in [5, 5.41) is 0. The molecule has 0 radical (unpaired) electrons. The maximum atomic E-state index is 11.8. The Kier molecular flexibility index (Phi) is 4.39. The summed E-state index contributed by atoms with van der Waals surface area (Å²) in [6.45, 7) is 2.28. The first kappa shape index (κ1) is 13.1. The van der Waals surface area contributed by atoms with E-state index >= 15 is 0 Å². The van der Waals surface area contributed by atoms with Crippen LogP contribution in [0.3, 0.4) is 0 Å². The van der Waals surface area contributed by atoms with E-state index in [1.807, 2.05) is 37.3 Å². The molecule has 1 aromatic heterocycles. The molecule has 0 saturated heterocycles. The molecule has 0 spiro atoms. The van der Waals surface area contributed by atoms with Gasteiger partial charge >= 0.3 is 0 Å². The lowest BCUT2D eigenvalue weighted by molar-refractivity contribution is 0.0984. The van der Waals surface area contributed by atoms with Crippen molar-refractivity contribution in [3.8, 4) is 5.75 Å². The Morgan fingerprint density at radius 1 is 1.28 bits per heavy atom. The summed E-state index contributed by atoms with van der Waals surface area (Å²) in [6.07, 6.45) is 0.477. The van der Waals surface area contributed by atoms with E-state index in [0.717, 1.165) is 9.21 Å². The van der Waals surface area contributed by atoms with Crippen LogP contribution in [0.15, 0.2) is 36.4 Å². The normalized spacial score (nSPS) is 10.3. The minimum Gasteiger partial charge on any atom is -0.487 e. The lowest BCUT2D eigenvalue weighted by Crippen LogP contribution is -2.02. The van der Waals surface area contributed by atoms with E-state index < -0.39 is 0 Å². The van der Waals surface area contributed by atoms with E-state index in [9.17, 15) is 4.79 Å². The van der Waals surface area contributed by atoms with Gasteiger partial charge in [-0.05, 0) is 24.3 Å². The highest BCUT2D eigenvalue weighted by Gasteiger charge is 2.10. The van der Waals surface area contributed by atoms with E-state index in [1.54, 1.807) is 6.07 Å². The molecule has 0 saturated carbocycles. The van der Waals surface area contributed by atoms with Gasteiger partial charge in [0.05, 0.1) is 9.90 Å². The molecule has 0 amide bonds. The molecule has 0 aliphatic heterocycles. The van der Waals surface area contributed by atoms with Crippen LogP contribution < -0.4 is 4.74 Å². The fraction of sp³-hybridized carbons (Fsp3) is 0.214. The van der Waals surface area contributed by atoms with E-state index in [0.29, 0.717) is 24.3 Å². The summed E-state index contributed by atoms with van der Waals surface area (Å²) in [7, 11) is 0. The van der Waals surface area contributed by atoms with Crippen molar-refractivity contribution < 1.29 is 9.53 Å². The van der Waals surface area contributed by atoms with Gasteiger partial charge in [0, 0.05) is 11.3 Å². The second-order valence-corrected chi connectivity index (χ2v) is 5.57. The zero-order valence-corrected chi connectivity index (χ0v) is 11.6. The monoisotopic (exact) mass is 280 g/mol. The highest BCUT2D eigenvalue weighted by Crippen LogP contribution is 2.25. The molecule has 2 rings (SSSR count). The number of para-hydroxylation sites is 1. The minimum absolute atomic E-state index is 0.0924. The van der Waals surface area contributed by atoms with Crippen molar-refractivity contribution in [2.45, 2.75) is 20.0 Å². The van der Waals surface area contributed by atoms with Crippen molar-refractivity contribution in [3.05, 3.63) is 51.2 Å². The summed E-state index contributed by atoms with van der Waals surface area (Å²) in [5.41, 5.74) is 0.641. The molecule has 94 valence electrons. The SMILES string of the molecule is CCC(=O)c1ccccc1OCc1ccc(Cl)s1. The minimum atomic E-state index is 0.0924. The number of Topliss-reactive ketones (excluding diaryl/α,β-unsaturated/α-hetero) is 1. The number of carbonyl (C=O) groups excluding carboxylic acids is 1. The largest absolute Gasteiger partial charge is 0.487 e. The molecule has 0 bridgehead atoms. The molecule has 18 heavy (non-hydrogen) atoms. The Hall–Kier alpha value is -1.32. The summed E-state index contributed by atoms with van der Waals surface area (Å²) in [4.78, 5) is 12.8. The van der Waals surface area contributed by atoms with Crippen LogP contribution in [0.5, 0.6) is 5.75 Å². The Labute approximate surface area is 115 Å². The van der Waals surface area contributed by atoms with Crippen molar-refractivity contribution in [1.82, 2.24) is 0 Å². The number of ether oxygens (including phenoxy) is 1. The molecular weight excluding hydrogens is 268 g/mol. The molecule has 0 fully saturated rings. The van der Waals surface area contributed by atoms with Gasteiger partial charge in [-0.2, -0.15) is 0 Å². The molecule has 0 N–H and O–H groups in total. The summed E-state index contributed by atoms with van der Waals surface area (Å²) >= 11 is 7.34. The van der Waals surface area contributed by atoms with Gasteiger partial charge in [-0.3, -0.25) is 4.79 Å². The number of benzene rings is 1. The first-order valence-corrected chi connectivity index (χ1v) is 6.89. The summed E-state index contributed by atoms with van der Waals surface area (Å²) in [5.74, 6) is 0.726. The molecule has 0 atom stereocenters. The lowest BCUT2D eigenvalue weighted by atomic mass is 10.1. The fourth-order valence-corrected chi connectivity index (χ4v) is 2.59. The zero-order chi connectivity index (χ0) is 13.0. The van der Waals surface area contributed by atoms with Crippen LogP contribution in [0.25, 0.3) is 0 Å². The molecule has 1 aromatic carbocycles. The molecular formula is C14H13ClO2S. The van der Waals surface area contributed by atoms with Crippen molar-refractivity contribution in [2.75, 3.05) is 0 Å². The van der Waals surface area contributed by atoms with Crippen molar-refractivity contribution in [3.63, 3.8) is 0 Å². The number of halogens is 1. The number of carbonyl (C=O) groups is 1. The second-order valence-electron chi connectivity index (χ2n) is 3.77. The highest BCUT2D eigenvalue weighted by atomic mass is 35.5. The number of rotatable bonds is 5. The first-order valence-electron chi connectivity index (χ1n) is 5.70. The highest BCUT2D eigenvalue weighted by molar-refractivity contribution is 7.16. The Morgan fingerprint density at radius 3 is 2.72 bits per heavy atom. The van der Waals surface area contributed by atoms with Crippen LogP contribution in [0.2, 0.25) is 4.34 Å². The van der Waals surface area contributed by atoms with Crippen LogP contribution in [0.4, 0.5) is 0 Å². The van der Waals surface area contributed by atoms with Crippen LogP contribution in [0, 0.1) is 0 Å². The third kappa shape index (κ3) is 3.12. The summed E-state index contributed by atoms with van der Waals surface area (Å²) < 4.78 is 6.43. The molecule has 1 heterocycles. The van der Waals surface area contributed by atoms with Gasteiger partial charge in [-0.25, -0.2) is 0 Å². The Bertz CT molecular complexity index is 548. The maximum Gasteiger partial charge on any atom is 0.166 e. The van der Waals surface area contributed by atoms with Crippen molar-refractivity contribution >= 4 is 28.7 Å². The predicted octanol–water partition coefficient (Wildman–Crippen LogP) is 4.57. The van der Waals surface area contributed by atoms with E-state index in [-0.39, 0.29) is 5.78 Å². The number of hydrogen-bond donors (Lipinski definition) is 0. The average molecular weight is 281 g/mol. The smallest absolute Gasteiger partial charge is 0.166 e. The van der Waals surface area contributed by atoms with Gasteiger partial charge in [0.25, 0.3) is 0 Å². The topological polar surface area (TPSA) is 26.3 Å². The third-order valence-electron chi connectivity index (χ3n) is 2.51. The molecule has 2 aromatic rings. The Morgan fingerprint density at radius 2 is 2.06 bits per heavy atom.